The highest BCUT2D eigenvalue weighted by Gasteiger charge is 2.28. The molecule has 2 nitrogen and oxygen atoms in total. The van der Waals surface area contributed by atoms with Crippen LogP contribution in [0.25, 0.3) is 0 Å². The predicted molar refractivity (Wildman–Crippen MR) is 59.1 cm³/mol. The predicted octanol–water partition coefficient (Wildman–Crippen LogP) is 1.90. The van der Waals surface area contributed by atoms with Crippen LogP contribution < -0.4 is 0 Å². The summed E-state index contributed by atoms with van der Waals surface area (Å²) in [4.78, 5) is 2.33. The van der Waals surface area contributed by atoms with Crippen LogP contribution in [-0.4, -0.2) is 35.7 Å². The summed E-state index contributed by atoms with van der Waals surface area (Å²) in [6.45, 7) is 10.4. The van der Waals surface area contributed by atoms with E-state index in [2.05, 4.69) is 38.5 Å². The highest BCUT2D eigenvalue weighted by atomic mass is 16.5. The van der Waals surface area contributed by atoms with Crippen molar-refractivity contribution in [3.05, 3.63) is 0 Å². The van der Waals surface area contributed by atoms with Gasteiger partial charge in [-0.1, -0.05) is 5.92 Å². The summed E-state index contributed by atoms with van der Waals surface area (Å²) in [5.41, 5.74) is -0.151. The lowest BCUT2D eigenvalue weighted by molar-refractivity contribution is 0.00987. The maximum atomic E-state index is 5.77. The van der Waals surface area contributed by atoms with Crippen LogP contribution in [0.1, 0.15) is 34.1 Å². The van der Waals surface area contributed by atoms with Crippen molar-refractivity contribution in [2.24, 2.45) is 0 Å². The molecule has 0 aromatic carbocycles. The molecule has 0 aromatic rings. The number of nitrogens with zero attached hydrogens (tertiary/aromatic N) is 1. The van der Waals surface area contributed by atoms with Gasteiger partial charge in [0.25, 0.3) is 0 Å². The third-order valence-electron chi connectivity index (χ3n) is 2.89. The molecule has 0 N–H and O–H groups in total. The lowest BCUT2D eigenvalue weighted by atomic mass is 10.0. The van der Waals surface area contributed by atoms with Gasteiger partial charge in [0.05, 0.1) is 17.7 Å². The molecule has 1 rings (SSSR count). The van der Waals surface area contributed by atoms with Crippen molar-refractivity contribution in [2.75, 3.05) is 13.1 Å². The van der Waals surface area contributed by atoms with E-state index < -0.39 is 0 Å². The minimum atomic E-state index is -0.151. The van der Waals surface area contributed by atoms with Crippen LogP contribution in [0.2, 0.25) is 0 Å². The second-order valence-corrected chi connectivity index (χ2v) is 4.70. The molecule has 0 bridgehead atoms. The first-order chi connectivity index (χ1) is 6.45. The van der Waals surface area contributed by atoms with Crippen LogP contribution in [-0.2, 0) is 4.74 Å². The second kappa shape index (κ2) is 4.33. The molecule has 2 heteroatoms. The van der Waals surface area contributed by atoms with E-state index in [1.54, 1.807) is 0 Å². The summed E-state index contributed by atoms with van der Waals surface area (Å²) < 4.78 is 5.77. The summed E-state index contributed by atoms with van der Waals surface area (Å²) in [5, 5.41) is 0. The van der Waals surface area contributed by atoms with Gasteiger partial charge in [0, 0.05) is 13.1 Å². The summed E-state index contributed by atoms with van der Waals surface area (Å²) in [6, 6.07) is 0. The summed E-state index contributed by atoms with van der Waals surface area (Å²) in [6.07, 6.45) is 7.23. The van der Waals surface area contributed by atoms with Crippen LogP contribution in [0.3, 0.4) is 0 Å². The summed E-state index contributed by atoms with van der Waals surface area (Å²) in [7, 11) is 0. The second-order valence-electron chi connectivity index (χ2n) is 4.70. The largest absolute Gasteiger partial charge is 0.374 e. The number of ether oxygens (including phenoxy) is 1. The van der Waals surface area contributed by atoms with Crippen molar-refractivity contribution in [1.82, 2.24) is 4.90 Å². The standard InChI is InChI=1S/C12H21NO/c1-6-12(4,5)13-8-7-10(2)14-11(3)9-13/h1,10-11H,7-9H2,2-5H3/t10-,11+/m0/s1. The van der Waals surface area contributed by atoms with E-state index in [-0.39, 0.29) is 11.6 Å². The van der Waals surface area contributed by atoms with Gasteiger partial charge >= 0.3 is 0 Å². The Morgan fingerprint density at radius 1 is 1.36 bits per heavy atom. The number of terminal acetylenes is 1. The van der Waals surface area contributed by atoms with Crippen molar-refractivity contribution in [3.8, 4) is 12.3 Å². The monoisotopic (exact) mass is 195 g/mol. The van der Waals surface area contributed by atoms with Crippen LogP contribution >= 0.6 is 0 Å². The van der Waals surface area contributed by atoms with Gasteiger partial charge in [0.1, 0.15) is 0 Å². The Hall–Kier alpha value is -0.520. The zero-order valence-electron chi connectivity index (χ0n) is 9.71. The van der Waals surface area contributed by atoms with E-state index in [0.717, 1.165) is 19.5 Å². The molecule has 0 unspecified atom stereocenters. The number of hydrogen-bond donors (Lipinski definition) is 0. The Morgan fingerprint density at radius 2 is 2.00 bits per heavy atom. The Morgan fingerprint density at radius 3 is 2.57 bits per heavy atom. The fraction of sp³-hybridized carbons (Fsp3) is 0.833. The molecular weight excluding hydrogens is 174 g/mol. The van der Waals surface area contributed by atoms with E-state index in [1.165, 1.54) is 0 Å². The molecule has 0 amide bonds. The average molecular weight is 195 g/mol. The van der Waals surface area contributed by atoms with E-state index in [0.29, 0.717) is 6.10 Å². The van der Waals surface area contributed by atoms with E-state index >= 15 is 0 Å². The lowest BCUT2D eigenvalue weighted by Gasteiger charge is -2.34. The third kappa shape index (κ3) is 2.73. The van der Waals surface area contributed by atoms with Gasteiger partial charge in [-0.2, -0.15) is 0 Å². The quantitative estimate of drug-likeness (QED) is 0.592. The molecule has 1 saturated heterocycles. The van der Waals surface area contributed by atoms with Gasteiger partial charge < -0.3 is 4.74 Å². The highest BCUT2D eigenvalue weighted by Crippen LogP contribution is 2.19. The summed E-state index contributed by atoms with van der Waals surface area (Å²) in [5.74, 6) is 2.84. The maximum Gasteiger partial charge on any atom is 0.0767 e. The molecule has 1 heterocycles. The first kappa shape index (κ1) is 11.6. The minimum absolute atomic E-state index is 0.151. The number of rotatable bonds is 1. The Labute approximate surface area is 87.6 Å². The molecule has 14 heavy (non-hydrogen) atoms. The van der Waals surface area contributed by atoms with Gasteiger partial charge in [0.15, 0.2) is 0 Å². The van der Waals surface area contributed by atoms with E-state index in [9.17, 15) is 0 Å². The van der Waals surface area contributed by atoms with Gasteiger partial charge in [-0.25, -0.2) is 0 Å². The molecule has 2 atom stereocenters. The van der Waals surface area contributed by atoms with Gasteiger partial charge in [-0.05, 0) is 34.1 Å². The molecule has 80 valence electrons. The molecule has 0 radical (unpaired) electrons. The zero-order chi connectivity index (χ0) is 10.8. The van der Waals surface area contributed by atoms with Crippen LogP contribution in [0.4, 0.5) is 0 Å². The molecule has 1 aliphatic rings. The summed E-state index contributed by atoms with van der Waals surface area (Å²) >= 11 is 0. The smallest absolute Gasteiger partial charge is 0.0767 e. The Balaban J connectivity index is 2.68. The zero-order valence-corrected chi connectivity index (χ0v) is 9.71. The maximum absolute atomic E-state index is 5.77. The van der Waals surface area contributed by atoms with Gasteiger partial charge in [-0.15, -0.1) is 6.42 Å². The molecule has 1 fully saturated rings. The fourth-order valence-electron chi connectivity index (χ4n) is 1.85. The number of hydrogen-bond acceptors (Lipinski definition) is 2. The van der Waals surface area contributed by atoms with Crippen molar-refractivity contribution in [3.63, 3.8) is 0 Å². The molecule has 0 aromatic heterocycles. The van der Waals surface area contributed by atoms with Crippen molar-refractivity contribution < 1.29 is 4.74 Å². The molecular formula is C12H21NO. The third-order valence-corrected chi connectivity index (χ3v) is 2.89. The van der Waals surface area contributed by atoms with Crippen LogP contribution in [0.5, 0.6) is 0 Å². The minimum Gasteiger partial charge on any atom is -0.374 e. The normalized spacial score (nSPS) is 30.8. The SMILES string of the molecule is C#CC(C)(C)N1CC[C@H](C)O[C@H](C)C1. The first-order valence-electron chi connectivity index (χ1n) is 5.34. The molecule has 0 aliphatic carbocycles. The van der Waals surface area contributed by atoms with Crippen molar-refractivity contribution >= 4 is 0 Å². The molecule has 1 aliphatic heterocycles. The van der Waals surface area contributed by atoms with E-state index in [1.807, 2.05) is 0 Å². The van der Waals surface area contributed by atoms with E-state index in [4.69, 9.17) is 11.2 Å². The van der Waals surface area contributed by atoms with Gasteiger partial charge in [-0.3, -0.25) is 4.90 Å². The van der Waals surface area contributed by atoms with Crippen LogP contribution in [0.15, 0.2) is 0 Å². The van der Waals surface area contributed by atoms with Crippen molar-refractivity contribution in [1.29, 1.82) is 0 Å². The fourth-order valence-corrected chi connectivity index (χ4v) is 1.85. The first-order valence-corrected chi connectivity index (χ1v) is 5.34. The topological polar surface area (TPSA) is 12.5 Å². The van der Waals surface area contributed by atoms with Crippen molar-refractivity contribution in [2.45, 2.75) is 51.9 Å². The lowest BCUT2D eigenvalue weighted by Crippen LogP contribution is -2.45. The average Bonchev–Trinajstić information content (AvgIpc) is 2.27. The molecule has 0 spiro atoms. The molecule has 0 saturated carbocycles. The highest BCUT2D eigenvalue weighted by molar-refractivity contribution is 5.09. The van der Waals surface area contributed by atoms with Crippen LogP contribution in [0, 0.1) is 12.3 Å². The van der Waals surface area contributed by atoms with Gasteiger partial charge in [0.2, 0.25) is 0 Å². The Bertz CT molecular complexity index is 229. The Kier molecular flexibility index (Phi) is 3.58.